The van der Waals surface area contributed by atoms with Crippen molar-refractivity contribution in [2.24, 2.45) is 0 Å². The Morgan fingerprint density at radius 3 is 2.75 bits per heavy atom. The molecule has 0 aliphatic heterocycles. The molecule has 3 rings (SSSR count). The summed E-state index contributed by atoms with van der Waals surface area (Å²) in [6.07, 6.45) is 1.56. The first-order valence-electron chi connectivity index (χ1n) is 8.92. The monoisotopic (exact) mass is 399 g/mol. The van der Waals surface area contributed by atoms with Crippen LogP contribution in [0.1, 0.15) is 24.3 Å². The first kappa shape index (κ1) is 19.6. The lowest BCUT2D eigenvalue weighted by Crippen LogP contribution is -2.34. The molecule has 0 unspecified atom stereocenters. The number of ether oxygens (including phenoxy) is 1. The summed E-state index contributed by atoms with van der Waals surface area (Å²) in [5.74, 6) is 0.725. The quantitative estimate of drug-likeness (QED) is 0.621. The van der Waals surface area contributed by atoms with Crippen LogP contribution in [0, 0.1) is 0 Å². The predicted molar refractivity (Wildman–Crippen MR) is 108 cm³/mol. The number of rotatable bonds is 8. The third-order valence-corrected chi connectivity index (χ3v) is 4.90. The number of carbonyl (C=O) groups excluding carboxylic acids is 2. The molecule has 0 bridgehead atoms. The van der Waals surface area contributed by atoms with Crippen LogP contribution >= 0.6 is 11.3 Å². The van der Waals surface area contributed by atoms with Crippen LogP contribution < -0.4 is 10.1 Å². The topological polar surface area (TPSA) is 84.7 Å². The molecule has 8 heteroatoms. The highest BCUT2D eigenvalue weighted by Gasteiger charge is 2.14. The van der Waals surface area contributed by atoms with Crippen molar-refractivity contribution in [2.45, 2.75) is 13.8 Å². The smallest absolute Gasteiger partial charge is 0.275 e. The van der Waals surface area contributed by atoms with Crippen molar-refractivity contribution in [3.8, 4) is 16.5 Å². The zero-order valence-corrected chi connectivity index (χ0v) is 16.5. The minimum absolute atomic E-state index is 0.0440. The molecule has 0 aliphatic carbocycles. The van der Waals surface area contributed by atoms with Gasteiger partial charge < -0.3 is 19.4 Å². The van der Waals surface area contributed by atoms with Crippen LogP contribution in [0.3, 0.4) is 0 Å². The van der Waals surface area contributed by atoms with Crippen molar-refractivity contribution >= 4 is 28.8 Å². The highest BCUT2D eigenvalue weighted by molar-refractivity contribution is 7.13. The molecule has 0 saturated carbocycles. The van der Waals surface area contributed by atoms with Gasteiger partial charge in [0.05, 0.1) is 6.26 Å². The fourth-order valence-corrected chi connectivity index (χ4v) is 3.33. The Labute approximate surface area is 167 Å². The molecule has 0 fully saturated rings. The van der Waals surface area contributed by atoms with E-state index < -0.39 is 0 Å². The van der Waals surface area contributed by atoms with Crippen molar-refractivity contribution in [2.75, 3.05) is 25.0 Å². The summed E-state index contributed by atoms with van der Waals surface area (Å²) in [5.41, 5.74) is 0.866. The summed E-state index contributed by atoms with van der Waals surface area (Å²) in [4.78, 5) is 30.5. The maximum absolute atomic E-state index is 12.4. The van der Waals surface area contributed by atoms with E-state index in [2.05, 4.69) is 10.3 Å². The second-order valence-electron chi connectivity index (χ2n) is 5.85. The number of nitrogens with one attached hydrogen (secondary N) is 1. The molecule has 0 radical (unpaired) electrons. The van der Waals surface area contributed by atoms with Crippen LogP contribution in [0.2, 0.25) is 0 Å². The van der Waals surface area contributed by atoms with E-state index in [1.807, 2.05) is 13.8 Å². The SMILES string of the molecule is CCN(CC)C(=O)COc1cccc(NC(=O)c2csc(-c3ccco3)n2)c1. The molecular weight excluding hydrogens is 378 g/mol. The van der Waals surface area contributed by atoms with Crippen molar-refractivity contribution in [1.82, 2.24) is 9.88 Å². The zero-order valence-electron chi connectivity index (χ0n) is 15.7. The van der Waals surface area contributed by atoms with Gasteiger partial charge in [-0.2, -0.15) is 0 Å². The van der Waals surface area contributed by atoms with Crippen molar-refractivity contribution in [3.05, 3.63) is 53.7 Å². The number of amides is 2. The number of hydrogen-bond acceptors (Lipinski definition) is 6. The lowest BCUT2D eigenvalue weighted by atomic mass is 10.3. The van der Waals surface area contributed by atoms with E-state index in [4.69, 9.17) is 9.15 Å². The number of furan rings is 1. The van der Waals surface area contributed by atoms with E-state index in [0.717, 1.165) is 0 Å². The van der Waals surface area contributed by atoms with Gasteiger partial charge >= 0.3 is 0 Å². The minimum atomic E-state index is -0.328. The van der Waals surface area contributed by atoms with Gasteiger partial charge in [0.2, 0.25) is 0 Å². The molecule has 0 atom stereocenters. The third kappa shape index (κ3) is 4.77. The first-order chi connectivity index (χ1) is 13.6. The van der Waals surface area contributed by atoms with Crippen LogP contribution in [0.15, 0.2) is 52.5 Å². The van der Waals surface area contributed by atoms with E-state index in [1.165, 1.54) is 11.3 Å². The van der Waals surface area contributed by atoms with Gasteiger partial charge in [-0.15, -0.1) is 11.3 Å². The summed E-state index contributed by atoms with van der Waals surface area (Å²) in [5, 5.41) is 5.11. The van der Waals surface area contributed by atoms with Gasteiger partial charge in [-0.1, -0.05) is 6.07 Å². The molecular formula is C20H21N3O4S. The second-order valence-corrected chi connectivity index (χ2v) is 6.71. The van der Waals surface area contributed by atoms with Gasteiger partial charge in [-0.05, 0) is 38.1 Å². The van der Waals surface area contributed by atoms with Gasteiger partial charge in [0, 0.05) is 30.2 Å². The third-order valence-electron chi connectivity index (χ3n) is 4.04. The fourth-order valence-electron chi connectivity index (χ4n) is 2.56. The molecule has 2 aromatic heterocycles. The highest BCUT2D eigenvalue weighted by atomic mass is 32.1. The number of aromatic nitrogens is 1. The van der Waals surface area contributed by atoms with Crippen LogP contribution in [0.25, 0.3) is 10.8 Å². The summed E-state index contributed by atoms with van der Waals surface area (Å²) >= 11 is 1.34. The highest BCUT2D eigenvalue weighted by Crippen LogP contribution is 2.25. The zero-order chi connectivity index (χ0) is 19.9. The van der Waals surface area contributed by atoms with Gasteiger partial charge in [0.1, 0.15) is 11.4 Å². The number of carbonyl (C=O) groups is 2. The average Bonchev–Trinajstić information content (AvgIpc) is 3.39. The lowest BCUT2D eigenvalue weighted by molar-refractivity contribution is -0.132. The van der Waals surface area contributed by atoms with Crippen LogP contribution in [-0.2, 0) is 4.79 Å². The Hall–Kier alpha value is -3.13. The molecule has 2 amide bonds. The van der Waals surface area contributed by atoms with Crippen LogP contribution in [-0.4, -0.2) is 41.4 Å². The number of hydrogen-bond donors (Lipinski definition) is 1. The van der Waals surface area contributed by atoms with Gasteiger partial charge in [0.15, 0.2) is 17.4 Å². The van der Waals surface area contributed by atoms with Crippen molar-refractivity contribution in [1.29, 1.82) is 0 Å². The number of benzene rings is 1. The minimum Gasteiger partial charge on any atom is -0.484 e. The molecule has 2 heterocycles. The average molecular weight is 399 g/mol. The Bertz CT molecular complexity index is 933. The largest absolute Gasteiger partial charge is 0.484 e. The van der Waals surface area contributed by atoms with E-state index in [1.54, 1.807) is 52.9 Å². The molecule has 0 spiro atoms. The van der Waals surface area contributed by atoms with E-state index in [-0.39, 0.29) is 18.4 Å². The summed E-state index contributed by atoms with van der Waals surface area (Å²) in [6.45, 7) is 5.09. The maximum atomic E-state index is 12.4. The fraction of sp³-hybridized carbons (Fsp3) is 0.250. The van der Waals surface area contributed by atoms with Gasteiger partial charge in [-0.3, -0.25) is 9.59 Å². The number of likely N-dealkylation sites (N-methyl/N-ethyl adjacent to an activating group) is 1. The molecule has 1 aromatic carbocycles. The summed E-state index contributed by atoms with van der Waals surface area (Å²) < 4.78 is 10.9. The molecule has 146 valence electrons. The first-order valence-corrected chi connectivity index (χ1v) is 9.80. The Morgan fingerprint density at radius 2 is 2.04 bits per heavy atom. The van der Waals surface area contributed by atoms with E-state index in [9.17, 15) is 9.59 Å². The normalized spacial score (nSPS) is 10.5. The molecule has 1 N–H and O–H groups in total. The second kappa shape index (κ2) is 9.18. The summed E-state index contributed by atoms with van der Waals surface area (Å²) in [7, 11) is 0. The maximum Gasteiger partial charge on any atom is 0.275 e. The Balaban J connectivity index is 1.61. The van der Waals surface area contributed by atoms with E-state index in [0.29, 0.717) is 41.0 Å². The number of nitrogens with zero attached hydrogens (tertiary/aromatic N) is 2. The van der Waals surface area contributed by atoms with Crippen molar-refractivity contribution in [3.63, 3.8) is 0 Å². The van der Waals surface area contributed by atoms with E-state index >= 15 is 0 Å². The van der Waals surface area contributed by atoms with Crippen molar-refractivity contribution < 1.29 is 18.7 Å². The van der Waals surface area contributed by atoms with Crippen LogP contribution in [0.4, 0.5) is 5.69 Å². The summed E-state index contributed by atoms with van der Waals surface area (Å²) in [6, 6.07) is 10.5. The Morgan fingerprint density at radius 1 is 1.21 bits per heavy atom. The van der Waals surface area contributed by atoms with Crippen LogP contribution in [0.5, 0.6) is 5.75 Å². The number of thiazole rings is 1. The Kier molecular flexibility index (Phi) is 6.44. The molecule has 0 saturated heterocycles. The number of anilines is 1. The van der Waals surface area contributed by atoms with Gasteiger partial charge in [0.25, 0.3) is 11.8 Å². The molecule has 7 nitrogen and oxygen atoms in total. The molecule has 3 aromatic rings. The standard InChI is InChI=1S/C20H21N3O4S/c1-3-23(4-2)18(24)12-27-15-8-5-7-14(11-15)21-19(25)16-13-28-20(22-16)17-9-6-10-26-17/h5-11,13H,3-4,12H2,1-2H3,(H,21,25). The molecule has 28 heavy (non-hydrogen) atoms. The van der Waals surface area contributed by atoms with Gasteiger partial charge in [-0.25, -0.2) is 4.98 Å². The molecule has 0 aliphatic rings. The predicted octanol–water partition coefficient (Wildman–Crippen LogP) is 3.90. The lowest BCUT2D eigenvalue weighted by Gasteiger charge is -2.18.